The van der Waals surface area contributed by atoms with Gasteiger partial charge in [0.05, 0.1) is 6.10 Å². The lowest BCUT2D eigenvalue weighted by atomic mass is 9.78. The molecule has 1 aliphatic rings. The summed E-state index contributed by atoms with van der Waals surface area (Å²) in [6.45, 7) is 3.58. The molecule has 1 rings (SSSR count). The number of carbonyl (C=O) groups is 1. The van der Waals surface area contributed by atoms with E-state index < -0.39 is 10.3 Å². The highest BCUT2D eigenvalue weighted by Crippen LogP contribution is 2.44. The molecule has 0 bridgehead atoms. The fourth-order valence-corrected chi connectivity index (χ4v) is 2.53. The Morgan fingerprint density at radius 1 is 1.60 bits per heavy atom. The second-order valence-electron chi connectivity index (χ2n) is 4.41. The van der Waals surface area contributed by atoms with Crippen molar-refractivity contribution in [1.29, 1.82) is 0 Å². The van der Waals surface area contributed by atoms with Gasteiger partial charge in [-0.15, -0.1) is 0 Å². The number of carboxylic acids is 1. The summed E-state index contributed by atoms with van der Waals surface area (Å²) in [4.78, 5) is 10.4. The molecule has 1 atom stereocenters. The van der Waals surface area contributed by atoms with Crippen molar-refractivity contribution in [2.24, 2.45) is 5.41 Å². The molecule has 0 saturated carbocycles. The second-order valence-corrected chi connectivity index (χ2v) is 5.95. The minimum Gasteiger partial charge on any atom is -0.480 e. The zero-order valence-electron chi connectivity index (χ0n) is 8.67. The van der Waals surface area contributed by atoms with Gasteiger partial charge in [0.1, 0.15) is 10.9 Å². The molecule has 0 aliphatic heterocycles. The Balaban J connectivity index is 2.69. The summed E-state index contributed by atoms with van der Waals surface area (Å²) in [5.41, 5.74) is -0.270. The summed E-state index contributed by atoms with van der Waals surface area (Å²) < 4.78 is 4.37. The Morgan fingerprint density at radius 3 is 2.67 bits per heavy atom. The van der Waals surface area contributed by atoms with E-state index in [4.69, 9.17) is 33.0 Å². The van der Waals surface area contributed by atoms with Crippen LogP contribution in [-0.4, -0.2) is 28.1 Å². The molecule has 0 radical (unpaired) electrons. The third-order valence-electron chi connectivity index (χ3n) is 2.36. The summed E-state index contributed by atoms with van der Waals surface area (Å²) in [5.74, 6) is -0.979. The van der Waals surface area contributed by atoms with Gasteiger partial charge in [-0.2, -0.15) is 0 Å². The Morgan fingerprint density at radius 2 is 2.20 bits per heavy atom. The fraction of sp³-hybridized carbons (Fsp3) is 0.700. The van der Waals surface area contributed by atoms with Crippen LogP contribution in [0.15, 0.2) is 12.2 Å². The SMILES string of the molecule is CC1(C)CC(Cl)(Cl)C=CC1OCC(=O)O. The van der Waals surface area contributed by atoms with E-state index in [0.29, 0.717) is 6.42 Å². The standard InChI is InChI=1S/C10H14Cl2O3/c1-9(2)6-10(11,12)4-3-7(9)15-5-8(13)14/h3-4,7H,5-6H2,1-2H3,(H,13,14). The van der Waals surface area contributed by atoms with Crippen LogP contribution in [0.4, 0.5) is 0 Å². The van der Waals surface area contributed by atoms with E-state index in [2.05, 4.69) is 0 Å². The van der Waals surface area contributed by atoms with Crippen LogP contribution in [0, 0.1) is 5.41 Å². The van der Waals surface area contributed by atoms with E-state index in [9.17, 15) is 4.79 Å². The minimum absolute atomic E-state index is 0.265. The molecule has 1 aliphatic carbocycles. The van der Waals surface area contributed by atoms with Crippen molar-refractivity contribution in [3.8, 4) is 0 Å². The molecule has 0 spiro atoms. The van der Waals surface area contributed by atoms with Crippen molar-refractivity contribution in [3.05, 3.63) is 12.2 Å². The maximum Gasteiger partial charge on any atom is 0.329 e. The van der Waals surface area contributed by atoms with Crippen molar-refractivity contribution in [2.45, 2.75) is 30.7 Å². The van der Waals surface area contributed by atoms with E-state index >= 15 is 0 Å². The van der Waals surface area contributed by atoms with Crippen LogP contribution in [-0.2, 0) is 9.53 Å². The molecule has 0 heterocycles. The fourth-order valence-electron chi connectivity index (χ4n) is 1.70. The van der Waals surface area contributed by atoms with E-state index in [-0.39, 0.29) is 18.1 Å². The van der Waals surface area contributed by atoms with Crippen LogP contribution in [0.3, 0.4) is 0 Å². The first kappa shape index (κ1) is 12.8. The van der Waals surface area contributed by atoms with Gasteiger partial charge in [0.15, 0.2) is 0 Å². The molecule has 0 saturated heterocycles. The second kappa shape index (κ2) is 4.32. The van der Waals surface area contributed by atoms with Crippen LogP contribution < -0.4 is 0 Å². The highest BCUT2D eigenvalue weighted by atomic mass is 35.5. The predicted octanol–water partition coefficient (Wildman–Crippen LogP) is 2.62. The summed E-state index contributed by atoms with van der Waals surface area (Å²) in [7, 11) is 0. The number of hydrogen-bond acceptors (Lipinski definition) is 2. The zero-order valence-corrected chi connectivity index (χ0v) is 10.2. The van der Waals surface area contributed by atoms with Crippen LogP contribution in [0.25, 0.3) is 0 Å². The van der Waals surface area contributed by atoms with Crippen LogP contribution in [0.5, 0.6) is 0 Å². The molecule has 3 nitrogen and oxygen atoms in total. The Hall–Kier alpha value is -0.250. The average Bonchev–Trinajstić information content (AvgIpc) is 1.98. The van der Waals surface area contributed by atoms with Crippen molar-refractivity contribution >= 4 is 29.2 Å². The van der Waals surface area contributed by atoms with Crippen LogP contribution >= 0.6 is 23.2 Å². The molecule has 15 heavy (non-hydrogen) atoms. The van der Waals surface area contributed by atoms with E-state index in [1.54, 1.807) is 12.2 Å². The molecule has 0 fully saturated rings. The van der Waals surface area contributed by atoms with Gasteiger partial charge in [0.25, 0.3) is 0 Å². The van der Waals surface area contributed by atoms with Gasteiger partial charge in [-0.1, -0.05) is 49.2 Å². The number of halogens is 2. The van der Waals surface area contributed by atoms with Crippen molar-refractivity contribution in [2.75, 3.05) is 6.61 Å². The largest absolute Gasteiger partial charge is 0.480 e. The smallest absolute Gasteiger partial charge is 0.329 e. The Bertz CT molecular complexity index is 284. The Kier molecular flexibility index (Phi) is 3.69. The minimum atomic E-state index is -0.979. The predicted molar refractivity (Wildman–Crippen MR) is 59.4 cm³/mol. The molecule has 0 aromatic carbocycles. The number of allylic oxidation sites excluding steroid dienone is 1. The molecular weight excluding hydrogens is 239 g/mol. The maximum absolute atomic E-state index is 10.4. The van der Waals surface area contributed by atoms with Gasteiger partial charge in [0.2, 0.25) is 0 Å². The number of alkyl halides is 2. The zero-order chi connectivity index (χ0) is 11.7. The van der Waals surface area contributed by atoms with Crippen molar-refractivity contribution < 1.29 is 14.6 Å². The monoisotopic (exact) mass is 252 g/mol. The summed E-state index contributed by atoms with van der Waals surface area (Å²) in [6, 6.07) is 0. The lowest BCUT2D eigenvalue weighted by Crippen LogP contribution is -2.39. The van der Waals surface area contributed by atoms with Crippen LogP contribution in [0.2, 0.25) is 0 Å². The van der Waals surface area contributed by atoms with Gasteiger partial charge in [0, 0.05) is 0 Å². The van der Waals surface area contributed by atoms with Crippen LogP contribution in [0.1, 0.15) is 20.3 Å². The van der Waals surface area contributed by atoms with Gasteiger partial charge in [-0.05, 0) is 11.8 Å². The van der Waals surface area contributed by atoms with Gasteiger partial charge in [-0.25, -0.2) is 4.79 Å². The summed E-state index contributed by atoms with van der Waals surface area (Å²) in [6.07, 6.45) is 3.64. The first-order valence-corrected chi connectivity index (χ1v) is 5.39. The quantitative estimate of drug-likeness (QED) is 0.621. The molecule has 1 unspecified atom stereocenters. The topological polar surface area (TPSA) is 46.5 Å². The molecular formula is C10H14Cl2O3. The lowest BCUT2D eigenvalue weighted by molar-refractivity contribution is -0.145. The van der Waals surface area contributed by atoms with Gasteiger partial charge >= 0.3 is 5.97 Å². The third kappa shape index (κ3) is 3.67. The number of carboxylic acid groups (broad SMARTS) is 1. The number of ether oxygens (including phenoxy) is 1. The molecule has 0 aromatic heterocycles. The van der Waals surface area contributed by atoms with Gasteiger partial charge < -0.3 is 9.84 Å². The number of aliphatic carboxylic acids is 1. The molecule has 86 valence electrons. The highest BCUT2D eigenvalue weighted by Gasteiger charge is 2.40. The van der Waals surface area contributed by atoms with Gasteiger partial charge in [-0.3, -0.25) is 0 Å². The van der Waals surface area contributed by atoms with E-state index in [1.807, 2.05) is 13.8 Å². The van der Waals surface area contributed by atoms with Crippen molar-refractivity contribution in [1.82, 2.24) is 0 Å². The first-order chi connectivity index (χ1) is 6.73. The number of hydrogen-bond donors (Lipinski definition) is 1. The highest BCUT2D eigenvalue weighted by molar-refractivity contribution is 6.49. The first-order valence-electron chi connectivity index (χ1n) is 4.63. The summed E-state index contributed by atoms with van der Waals surface area (Å²) in [5, 5.41) is 8.52. The molecule has 1 N–H and O–H groups in total. The molecule has 0 aromatic rings. The average molecular weight is 253 g/mol. The third-order valence-corrected chi connectivity index (χ3v) is 2.88. The molecule has 0 amide bonds. The normalized spacial score (nSPS) is 27.6. The lowest BCUT2D eigenvalue weighted by Gasteiger charge is -2.39. The Labute approximate surface area is 99.0 Å². The van der Waals surface area contributed by atoms with Crippen molar-refractivity contribution in [3.63, 3.8) is 0 Å². The molecule has 5 heteroatoms. The maximum atomic E-state index is 10.4. The van der Waals surface area contributed by atoms with E-state index in [0.717, 1.165) is 0 Å². The number of rotatable bonds is 3. The van der Waals surface area contributed by atoms with E-state index in [1.165, 1.54) is 0 Å². The summed E-state index contributed by atoms with van der Waals surface area (Å²) >= 11 is 12.0.